The Bertz CT molecular complexity index is 764. The molecule has 0 fully saturated rings. The fourth-order valence-corrected chi connectivity index (χ4v) is 3.61. The van der Waals surface area contributed by atoms with Crippen LogP contribution in [0.2, 0.25) is 0 Å². The monoisotopic (exact) mass is 442 g/mol. The van der Waals surface area contributed by atoms with Crippen molar-refractivity contribution in [1.29, 1.82) is 0 Å². The molecule has 0 amide bonds. The molecule has 4 nitrogen and oxygen atoms in total. The number of carbonyl (C=O) groups is 1. The number of esters is 1. The second-order valence-corrected chi connectivity index (χ2v) is 7.47. The summed E-state index contributed by atoms with van der Waals surface area (Å²) in [6, 6.07) is 3.17. The van der Waals surface area contributed by atoms with Crippen molar-refractivity contribution >= 4 is 27.7 Å². The highest BCUT2D eigenvalue weighted by molar-refractivity contribution is 9.09. The number of alkyl halides is 1. The molecule has 1 aromatic carbocycles. The summed E-state index contributed by atoms with van der Waals surface area (Å²) in [6.45, 7) is 6.39. The lowest BCUT2D eigenvalue weighted by Gasteiger charge is -2.38. The highest BCUT2D eigenvalue weighted by atomic mass is 79.9. The normalized spacial score (nSPS) is 18.4. The molecule has 1 aliphatic rings. The van der Waals surface area contributed by atoms with Crippen LogP contribution in [0.15, 0.2) is 34.5 Å². The van der Waals surface area contributed by atoms with Crippen LogP contribution in [-0.4, -0.2) is 35.7 Å². The van der Waals surface area contributed by atoms with Crippen molar-refractivity contribution in [2.24, 2.45) is 10.9 Å². The van der Waals surface area contributed by atoms with Crippen molar-refractivity contribution in [3.63, 3.8) is 0 Å². The van der Waals surface area contributed by atoms with Crippen LogP contribution in [0.25, 0.3) is 0 Å². The van der Waals surface area contributed by atoms with E-state index in [-0.39, 0.29) is 0 Å². The lowest BCUT2D eigenvalue weighted by atomic mass is 9.93. The van der Waals surface area contributed by atoms with Crippen molar-refractivity contribution in [3.8, 4) is 0 Å². The van der Waals surface area contributed by atoms with Gasteiger partial charge in [0.1, 0.15) is 5.84 Å². The Morgan fingerprint density at radius 1 is 1.33 bits per heavy atom. The number of hydrogen-bond acceptors (Lipinski definition) is 4. The van der Waals surface area contributed by atoms with Crippen LogP contribution >= 0.6 is 15.9 Å². The van der Waals surface area contributed by atoms with Crippen molar-refractivity contribution in [3.05, 3.63) is 46.7 Å². The van der Waals surface area contributed by atoms with Crippen LogP contribution in [0.1, 0.15) is 45.2 Å². The van der Waals surface area contributed by atoms with E-state index < -0.39 is 23.6 Å². The molecular formula is C20H25BrF2N2O2. The lowest BCUT2D eigenvalue weighted by molar-refractivity contribution is -0.136. The SMILES string of the molecule is COC(=O)C1=C(C)N=C(C)N(CCC[C@H](C)CBr)C1c1ccc(F)c(F)c1. The van der Waals surface area contributed by atoms with Gasteiger partial charge in [0.05, 0.1) is 24.4 Å². The predicted molar refractivity (Wildman–Crippen MR) is 106 cm³/mol. The summed E-state index contributed by atoms with van der Waals surface area (Å²) < 4.78 is 32.3. The number of benzene rings is 1. The van der Waals surface area contributed by atoms with E-state index in [1.165, 1.54) is 13.2 Å². The van der Waals surface area contributed by atoms with Crippen LogP contribution in [0.4, 0.5) is 8.78 Å². The zero-order chi connectivity index (χ0) is 20.1. The van der Waals surface area contributed by atoms with Gasteiger partial charge in [-0.2, -0.15) is 0 Å². The molecule has 0 bridgehead atoms. The number of allylic oxidation sites excluding steroid dienone is 1. The molecule has 0 radical (unpaired) electrons. The van der Waals surface area contributed by atoms with E-state index in [0.29, 0.717) is 29.3 Å². The number of carbonyl (C=O) groups excluding carboxylic acids is 1. The van der Waals surface area contributed by atoms with E-state index >= 15 is 0 Å². The van der Waals surface area contributed by atoms with E-state index in [2.05, 4.69) is 27.8 Å². The Labute approximate surface area is 167 Å². The van der Waals surface area contributed by atoms with Crippen LogP contribution in [0.3, 0.4) is 0 Å². The topological polar surface area (TPSA) is 41.9 Å². The maximum Gasteiger partial charge on any atom is 0.338 e. The van der Waals surface area contributed by atoms with Gasteiger partial charge in [-0.3, -0.25) is 0 Å². The summed E-state index contributed by atoms with van der Waals surface area (Å²) in [5, 5.41) is 0.916. The average molecular weight is 443 g/mol. The van der Waals surface area contributed by atoms with Crippen LogP contribution in [0.5, 0.6) is 0 Å². The Morgan fingerprint density at radius 3 is 2.63 bits per heavy atom. The third-order valence-electron chi connectivity index (χ3n) is 4.74. The van der Waals surface area contributed by atoms with Gasteiger partial charge in [-0.25, -0.2) is 18.6 Å². The lowest BCUT2D eigenvalue weighted by Crippen LogP contribution is -2.40. The fraction of sp³-hybridized carbons (Fsp3) is 0.500. The number of rotatable bonds is 7. The summed E-state index contributed by atoms with van der Waals surface area (Å²) in [5.74, 6) is -1.12. The highest BCUT2D eigenvalue weighted by Crippen LogP contribution is 2.36. The molecule has 0 spiro atoms. The Kier molecular flexibility index (Phi) is 7.53. The molecule has 0 aliphatic carbocycles. The highest BCUT2D eigenvalue weighted by Gasteiger charge is 2.35. The standard InChI is InChI=1S/C20H25BrF2N2O2/c1-12(11-21)6-5-9-25-14(3)24-13(2)18(20(26)27-4)19(25)15-7-8-16(22)17(23)10-15/h7-8,10,12,19H,5-6,9,11H2,1-4H3/t12-,19?/m0/s1. The average Bonchev–Trinajstić information content (AvgIpc) is 2.64. The zero-order valence-electron chi connectivity index (χ0n) is 16.1. The maximum atomic E-state index is 13.9. The molecule has 0 N–H and O–H groups in total. The molecule has 1 aliphatic heterocycles. The van der Waals surface area contributed by atoms with Crippen molar-refractivity contribution in [2.45, 2.75) is 39.7 Å². The Morgan fingerprint density at radius 2 is 2.04 bits per heavy atom. The van der Waals surface area contributed by atoms with E-state index in [1.54, 1.807) is 6.92 Å². The molecule has 0 saturated heterocycles. The Hall–Kier alpha value is -1.76. The van der Waals surface area contributed by atoms with Crippen LogP contribution in [-0.2, 0) is 9.53 Å². The smallest absolute Gasteiger partial charge is 0.338 e. The van der Waals surface area contributed by atoms with Gasteiger partial charge >= 0.3 is 5.97 Å². The number of hydrogen-bond donors (Lipinski definition) is 0. The van der Waals surface area contributed by atoms with Gasteiger partial charge in [0.15, 0.2) is 11.6 Å². The summed E-state index contributed by atoms with van der Waals surface area (Å²) in [5.41, 5.74) is 1.37. The number of aliphatic imine (C=N–C) groups is 1. The van der Waals surface area contributed by atoms with Gasteiger partial charge in [-0.05, 0) is 50.3 Å². The molecule has 0 saturated carbocycles. The second kappa shape index (κ2) is 9.44. The summed E-state index contributed by atoms with van der Waals surface area (Å²) in [6.07, 6.45) is 1.88. The third-order valence-corrected chi connectivity index (χ3v) is 5.85. The fourth-order valence-electron chi connectivity index (χ4n) is 3.28. The number of amidine groups is 1. The molecule has 2 rings (SSSR count). The number of methoxy groups -OCH3 is 1. The van der Waals surface area contributed by atoms with Crippen molar-refractivity contribution in [2.75, 3.05) is 19.0 Å². The molecule has 148 valence electrons. The Balaban J connectivity index is 2.44. The first-order valence-electron chi connectivity index (χ1n) is 8.92. The van der Waals surface area contributed by atoms with Gasteiger partial charge in [-0.1, -0.05) is 28.9 Å². The van der Waals surface area contributed by atoms with Gasteiger partial charge in [0, 0.05) is 11.9 Å². The van der Waals surface area contributed by atoms with Gasteiger partial charge < -0.3 is 9.64 Å². The first kappa shape index (κ1) is 21.5. The minimum atomic E-state index is -0.942. The molecule has 1 aromatic rings. The molecule has 1 unspecified atom stereocenters. The summed E-state index contributed by atoms with van der Waals surface area (Å²) in [7, 11) is 1.30. The molecule has 0 aromatic heterocycles. The quantitative estimate of drug-likeness (QED) is 0.440. The van der Waals surface area contributed by atoms with E-state index in [1.807, 2.05) is 11.8 Å². The third kappa shape index (κ3) is 4.94. The number of halogens is 3. The minimum Gasteiger partial charge on any atom is -0.466 e. The molecular weight excluding hydrogens is 418 g/mol. The maximum absolute atomic E-state index is 13.9. The minimum absolute atomic E-state index is 0.350. The first-order valence-corrected chi connectivity index (χ1v) is 10.0. The predicted octanol–water partition coefficient (Wildman–Crippen LogP) is 5.00. The largest absolute Gasteiger partial charge is 0.466 e. The van der Waals surface area contributed by atoms with Crippen molar-refractivity contribution in [1.82, 2.24) is 4.90 Å². The van der Waals surface area contributed by atoms with Gasteiger partial charge in [0.25, 0.3) is 0 Å². The first-order chi connectivity index (χ1) is 12.8. The van der Waals surface area contributed by atoms with Crippen molar-refractivity contribution < 1.29 is 18.3 Å². The molecule has 2 atom stereocenters. The molecule has 1 heterocycles. The molecule has 27 heavy (non-hydrogen) atoms. The zero-order valence-corrected chi connectivity index (χ0v) is 17.6. The van der Waals surface area contributed by atoms with E-state index in [0.717, 1.165) is 36.1 Å². The van der Waals surface area contributed by atoms with Crippen LogP contribution < -0.4 is 0 Å². The molecule has 7 heteroatoms. The van der Waals surface area contributed by atoms with E-state index in [4.69, 9.17) is 4.74 Å². The van der Waals surface area contributed by atoms with Crippen LogP contribution in [0, 0.1) is 17.6 Å². The number of ether oxygens (including phenoxy) is 1. The second-order valence-electron chi connectivity index (χ2n) is 6.82. The van der Waals surface area contributed by atoms with E-state index in [9.17, 15) is 13.6 Å². The number of nitrogens with zero attached hydrogens (tertiary/aromatic N) is 2. The summed E-state index contributed by atoms with van der Waals surface area (Å²) in [4.78, 5) is 18.9. The van der Waals surface area contributed by atoms with Gasteiger partial charge in [0.2, 0.25) is 0 Å². The van der Waals surface area contributed by atoms with Gasteiger partial charge in [-0.15, -0.1) is 0 Å². The summed E-state index contributed by atoms with van der Waals surface area (Å²) >= 11 is 3.48.